The van der Waals surface area contributed by atoms with Gasteiger partial charge in [-0.1, -0.05) is 0 Å². The standard InChI is InChI=1S/2C15H31N7O4.Mn/c2*1-9(17)12(23)21-10(6-4-8-20-15(18)19)13(24)22-11(14(25)26)5-2-3-7-16;/h2*9-11H,2-8,16-17H2,1H3,(H,21,23)(H,22,24)(H,25,26)(H4,18,19,20);/q;;+2/p-2/t2*9-,10-,11-;/m00./s1. The maximum absolute atomic E-state index is 12.4. The Kier molecular flexibility index (Phi) is 31.3. The zero-order valence-electron chi connectivity index (χ0n) is 30.5. The number of hydrogen-bond donors (Lipinski definition) is 12. The molecule has 23 heteroatoms. The molecule has 0 heterocycles. The third-order valence-electron chi connectivity index (χ3n) is 7.08. The number of nitrogens with two attached hydrogens (primary N) is 8. The number of hydrogen-bond acceptors (Lipinski definition) is 14. The van der Waals surface area contributed by atoms with Crippen LogP contribution in [0.1, 0.15) is 78.1 Å². The molecule has 20 N–H and O–H groups in total. The molecule has 305 valence electrons. The van der Waals surface area contributed by atoms with Crippen molar-refractivity contribution in [3.8, 4) is 0 Å². The van der Waals surface area contributed by atoms with Gasteiger partial charge in [0, 0.05) is 13.1 Å². The molecule has 1 radical (unpaired) electrons. The Labute approximate surface area is 320 Å². The van der Waals surface area contributed by atoms with Crippen LogP contribution in [0.5, 0.6) is 0 Å². The third-order valence-corrected chi connectivity index (χ3v) is 7.08. The van der Waals surface area contributed by atoms with Crippen molar-refractivity contribution in [1.82, 2.24) is 21.3 Å². The Bertz CT molecular complexity index is 1080. The maximum atomic E-state index is 12.4. The van der Waals surface area contributed by atoms with Crippen molar-refractivity contribution >= 4 is 47.5 Å². The summed E-state index contributed by atoms with van der Waals surface area (Å²) in [6, 6.07) is -5.88. The molecule has 0 aliphatic carbocycles. The first-order valence-corrected chi connectivity index (χ1v) is 17.0. The van der Waals surface area contributed by atoms with Gasteiger partial charge < -0.3 is 86.9 Å². The molecule has 0 fully saturated rings. The van der Waals surface area contributed by atoms with Crippen LogP contribution in [0.2, 0.25) is 0 Å². The van der Waals surface area contributed by atoms with Crippen molar-refractivity contribution < 1.29 is 56.0 Å². The summed E-state index contributed by atoms with van der Waals surface area (Å²) in [6.07, 6.45) is 3.91. The van der Waals surface area contributed by atoms with E-state index in [9.17, 15) is 39.0 Å². The summed E-state index contributed by atoms with van der Waals surface area (Å²) < 4.78 is 0. The van der Waals surface area contributed by atoms with E-state index in [0.29, 0.717) is 51.6 Å². The minimum absolute atomic E-state index is 0. The van der Waals surface area contributed by atoms with Crippen LogP contribution < -0.4 is 77.3 Å². The molecule has 0 aromatic carbocycles. The largest absolute Gasteiger partial charge is 2.00 e. The average molecular weight is 800 g/mol. The molecule has 0 aromatic heterocycles. The predicted molar refractivity (Wildman–Crippen MR) is 191 cm³/mol. The van der Waals surface area contributed by atoms with Gasteiger partial charge in [0.05, 0.1) is 36.1 Å². The van der Waals surface area contributed by atoms with Gasteiger partial charge in [-0.15, -0.1) is 0 Å². The van der Waals surface area contributed by atoms with Gasteiger partial charge in [-0.05, 0) is 91.1 Å². The summed E-state index contributed by atoms with van der Waals surface area (Å²) in [6.45, 7) is 4.32. The van der Waals surface area contributed by atoms with Crippen LogP contribution in [-0.2, 0) is 45.8 Å². The van der Waals surface area contributed by atoms with E-state index in [-0.39, 0.29) is 67.8 Å². The molecular formula is C30H60MnN14O8. The van der Waals surface area contributed by atoms with Crippen molar-refractivity contribution in [3.63, 3.8) is 0 Å². The molecule has 0 aliphatic rings. The quantitative estimate of drug-likeness (QED) is 0.0167. The van der Waals surface area contributed by atoms with Crippen molar-refractivity contribution in [2.75, 3.05) is 26.2 Å². The minimum Gasteiger partial charge on any atom is -0.548 e. The average Bonchev–Trinajstić information content (AvgIpc) is 3.06. The van der Waals surface area contributed by atoms with E-state index in [4.69, 9.17) is 45.9 Å². The van der Waals surface area contributed by atoms with Crippen LogP contribution in [0.4, 0.5) is 0 Å². The van der Waals surface area contributed by atoms with Gasteiger partial charge in [0.1, 0.15) is 12.1 Å². The number of aliphatic imine (C=N–C) groups is 2. The van der Waals surface area contributed by atoms with Crippen LogP contribution in [-0.4, -0.2) is 110 Å². The Morgan fingerprint density at radius 1 is 0.509 bits per heavy atom. The molecule has 0 aliphatic heterocycles. The van der Waals surface area contributed by atoms with Crippen molar-refractivity contribution in [3.05, 3.63) is 0 Å². The number of nitrogens with zero attached hydrogens (tertiary/aromatic N) is 2. The first-order chi connectivity index (χ1) is 24.4. The van der Waals surface area contributed by atoms with Gasteiger partial charge in [0.25, 0.3) is 0 Å². The monoisotopic (exact) mass is 799 g/mol. The number of carboxylic acid groups (broad SMARTS) is 2. The van der Waals surface area contributed by atoms with Crippen molar-refractivity contribution in [2.24, 2.45) is 55.9 Å². The van der Waals surface area contributed by atoms with E-state index in [2.05, 4.69) is 31.3 Å². The summed E-state index contributed by atoms with van der Waals surface area (Å²) >= 11 is 0. The molecule has 0 bridgehead atoms. The molecule has 0 rings (SSSR count). The Hall–Kier alpha value is -4.28. The summed E-state index contributed by atoms with van der Waals surface area (Å²) in [4.78, 5) is 78.4. The number of carbonyl (C=O) groups is 6. The van der Waals surface area contributed by atoms with E-state index >= 15 is 0 Å². The smallest absolute Gasteiger partial charge is 0.548 e. The van der Waals surface area contributed by atoms with Gasteiger partial charge in [0.15, 0.2) is 11.9 Å². The van der Waals surface area contributed by atoms with Gasteiger partial charge >= 0.3 is 17.1 Å². The SMILES string of the molecule is C[C@H](N)C(=O)N[C@@H](CCCN=C(N)N)C(=O)N[C@@H](CCCCN)C(=O)[O-].C[C@H](N)C(=O)N[C@@H](CCCN=C(N)N)C(=O)N[C@@H](CCCCN)C(=O)[O-].[Mn+2]. The normalized spacial score (nSPS) is 13.7. The fourth-order valence-corrected chi connectivity index (χ4v) is 4.18. The Balaban J connectivity index is -0.000000926. The molecule has 0 saturated carbocycles. The van der Waals surface area contributed by atoms with Gasteiger partial charge in [-0.2, -0.15) is 0 Å². The molecule has 0 unspecified atom stereocenters. The number of rotatable bonds is 26. The third kappa shape index (κ3) is 28.0. The molecular weight excluding hydrogens is 739 g/mol. The summed E-state index contributed by atoms with van der Waals surface area (Å²) in [5, 5.41) is 32.2. The van der Waals surface area contributed by atoms with Crippen LogP contribution in [0, 0.1) is 0 Å². The number of carbonyl (C=O) groups excluding carboxylic acids is 6. The van der Waals surface area contributed by atoms with Crippen molar-refractivity contribution in [2.45, 2.75) is 114 Å². The maximum Gasteiger partial charge on any atom is 2.00 e. The van der Waals surface area contributed by atoms with E-state index in [1.807, 2.05) is 0 Å². The molecule has 22 nitrogen and oxygen atoms in total. The molecule has 0 saturated heterocycles. The molecule has 0 aromatic rings. The van der Waals surface area contributed by atoms with Gasteiger partial charge in [0.2, 0.25) is 23.6 Å². The number of carboxylic acids is 2. The zero-order valence-corrected chi connectivity index (χ0v) is 31.7. The second-order valence-electron chi connectivity index (χ2n) is 11.9. The fraction of sp³-hybridized carbons (Fsp3) is 0.733. The Morgan fingerprint density at radius 2 is 0.792 bits per heavy atom. The minimum atomic E-state index is -1.40. The molecule has 53 heavy (non-hydrogen) atoms. The predicted octanol–water partition coefficient (Wildman–Crippen LogP) is -7.53. The Morgan fingerprint density at radius 3 is 1.04 bits per heavy atom. The van der Waals surface area contributed by atoms with E-state index in [1.165, 1.54) is 13.8 Å². The van der Waals surface area contributed by atoms with Crippen LogP contribution in [0.3, 0.4) is 0 Å². The summed E-state index contributed by atoms with van der Waals surface area (Å²) in [5.74, 6) is -5.28. The molecule has 0 spiro atoms. The van der Waals surface area contributed by atoms with Crippen LogP contribution in [0.15, 0.2) is 9.98 Å². The topological polar surface area (TPSA) is 430 Å². The fourth-order valence-electron chi connectivity index (χ4n) is 4.18. The number of amides is 4. The molecule has 4 amide bonds. The first kappa shape index (κ1) is 53.1. The number of aliphatic carboxylic acids is 2. The zero-order chi connectivity index (χ0) is 40.2. The second-order valence-corrected chi connectivity index (χ2v) is 11.9. The van der Waals surface area contributed by atoms with E-state index < -0.39 is 71.8 Å². The number of nitrogens with one attached hydrogen (secondary N) is 4. The van der Waals surface area contributed by atoms with Crippen LogP contribution >= 0.6 is 0 Å². The second kappa shape index (κ2) is 31.3. The number of guanidine groups is 2. The van der Waals surface area contributed by atoms with Gasteiger partial charge in [-0.3, -0.25) is 29.2 Å². The van der Waals surface area contributed by atoms with Gasteiger partial charge in [-0.25, -0.2) is 0 Å². The first-order valence-electron chi connectivity index (χ1n) is 17.0. The van der Waals surface area contributed by atoms with E-state index in [0.717, 1.165) is 0 Å². The van der Waals surface area contributed by atoms with Crippen molar-refractivity contribution in [1.29, 1.82) is 0 Å². The summed E-state index contributed by atoms with van der Waals surface area (Å²) in [5.41, 5.74) is 42.6. The van der Waals surface area contributed by atoms with E-state index in [1.54, 1.807) is 0 Å². The molecule has 6 atom stereocenters. The number of unbranched alkanes of at least 4 members (excludes halogenated alkanes) is 2. The van der Waals surface area contributed by atoms with Crippen LogP contribution in [0.25, 0.3) is 0 Å². The summed E-state index contributed by atoms with van der Waals surface area (Å²) in [7, 11) is 0.